The van der Waals surface area contributed by atoms with Gasteiger partial charge in [0.15, 0.2) is 29.9 Å². The van der Waals surface area contributed by atoms with Gasteiger partial charge in [0.2, 0.25) is 0 Å². The van der Waals surface area contributed by atoms with Crippen LogP contribution in [0.25, 0.3) is 0 Å². The van der Waals surface area contributed by atoms with Crippen molar-refractivity contribution >= 4 is 35.6 Å². The number of hydrogen-bond acceptors (Lipinski definition) is 15. The minimum Gasteiger partial charge on any atom is -0.457 e. The van der Waals surface area contributed by atoms with Crippen molar-refractivity contribution in [2.24, 2.45) is 28.8 Å². The molecule has 3 aliphatic rings. The van der Waals surface area contributed by atoms with E-state index in [4.69, 9.17) is 38.0 Å². The number of likely N-dealkylation sites (N-methyl/N-ethyl adjacent to an activating group) is 1. The number of carbonyl (C=O) groups is 5. The molecule has 0 N–H and O–H groups in total. The first-order chi connectivity index (χ1) is 23.2. The van der Waals surface area contributed by atoms with Crippen LogP contribution in [0.5, 0.6) is 0 Å². The first kappa shape index (κ1) is 41.3. The summed E-state index contributed by atoms with van der Waals surface area (Å²) in [5.74, 6) is -6.02. The number of nitrogens with zero attached hydrogens (tertiary/aromatic N) is 2. The van der Waals surface area contributed by atoms with Crippen LogP contribution >= 0.6 is 0 Å². The Bertz CT molecular complexity index is 1300. The Balaban J connectivity index is 2.22. The lowest BCUT2D eigenvalue weighted by molar-refractivity contribution is -0.297. The van der Waals surface area contributed by atoms with Crippen LogP contribution in [0.1, 0.15) is 88.5 Å². The summed E-state index contributed by atoms with van der Waals surface area (Å²) in [4.78, 5) is 72.0. The Labute approximate surface area is 294 Å². The second kappa shape index (κ2) is 16.5. The summed E-state index contributed by atoms with van der Waals surface area (Å²) in [5, 5.41) is 4.23. The van der Waals surface area contributed by atoms with E-state index in [9.17, 15) is 24.0 Å². The Kier molecular flexibility index (Phi) is 13.6. The van der Waals surface area contributed by atoms with Gasteiger partial charge in [-0.1, -0.05) is 32.9 Å². The highest BCUT2D eigenvalue weighted by atomic mass is 16.8. The van der Waals surface area contributed by atoms with E-state index in [0.717, 1.165) is 0 Å². The third-order valence-corrected chi connectivity index (χ3v) is 10.4. The average Bonchev–Trinajstić information content (AvgIpc) is 3.35. The van der Waals surface area contributed by atoms with Crippen molar-refractivity contribution in [2.45, 2.75) is 143 Å². The molecule has 3 rings (SSSR count). The molecular weight excluding hydrogens is 656 g/mol. The molecule has 15 heteroatoms. The largest absolute Gasteiger partial charge is 0.509 e. The fourth-order valence-corrected chi connectivity index (χ4v) is 7.65. The molecule has 50 heavy (non-hydrogen) atoms. The van der Waals surface area contributed by atoms with Gasteiger partial charge in [-0.05, 0) is 61.1 Å². The number of Topliss-reactive ketones (excluding diaryl/α,β-unsaturated/α-hetero) is 1. The smallest absolute Gasteiger partial charge is 0.457 e. The number of hydrogen-bond donors (Lipinski definition) is 0. The predicted octanol–water partition coefficient (Wildman–Crippen LogP) is 3.83. The van der Waals surface area contributed by atoms with Crippen LogP contribution in [0.15, 0.2) is 5.16 Å². The van der Waals surface area contributed by atoms with Gasteiger partial charge < -0.3 is 42.9 Å². The fraction of sp³-hybridized carbons (Fsp3) is 0.829. The van der Waals surface area contributed by atoms with Crippen molar-refractivity contribution in [3.05, 3.63) is 0 Å². The molecule has 3 saturated heterocycles. The first-order valence-corrected chi connectivity index (χ1v) is 17.3. The van der Waals surface area contributed by atoms with E-state index in [-0.39, 0.29) is 25.0 Å². The molecule has 3 aliphatic heterocycles. The summed E-state index contributed by atoms with van der Waals surface area (Å²) in [6.45, 7) is 16.2. The summed E-state index contributed by atoms with van der Waals surface area (Å²) in [7, 11) is 5.20. The normalized spacial score (nSPS) is 41.0. The molecule has 3 fully saturated rings. The average molecular weight is 713 g/mol. The van der Waals surface area contributed by atoms with Gasteiger partial charge in [0.25, 0.3) is 0 Å². The van der Waals surface area contributed by atoms with Crippen molar-refractivity contribution in [2.75, 3.05) is 21.2 Å². The Morgan fingerprint density at radius 1 is 0.980 bits per heavy atom. The Hall–Kier alpha value is -3.14. The van der Waals surface area contributed by atoms with Crippen LogP contribution in [-0.2, 0) is 57.2 Å². The predicted molar refractivity (Wildman–Crippen MR) is 178 cm³/mol. The van der Waals surface area contributed by atoms with Crippen LogP contribution < -0.4 is 0 Å². The lowest BCUT2D eigenvalue weighted by Gasteiger charge is -2.47. The molecule has 0 aromatic heterocycles. The minimum atomic E-state index is -1.48. The molecule has 0 aromatic carbocycles. The highest BCUT2D eigenvalue weighted by Crippen LogP contribution is 2.42. The van der Waals surface area contributed by atoms with E-state index >= 15 is 0 Å². The number of esters is 2. The molecule has 13 atom stereocenters. The minimum absolute atomic E-state index is 0.141. The zero-order valence-corrected chi connectivity index (χ0v) is 31.7. The van der Waals surface area contributed by atoms with Gasteiger partial charge in [0, 0.05) is 38.7 Å². The molecule has 0 bridgehead atoms. The van der Waals surface area contributed by atoms with Crippen LogP contribution in [-0.4, -0.2) is 116 Å². The molecule has 0 aliphatic carbocycles. The zero-order valence-electron chi connectivity index (χ0n) is 31.7. The topological polar surface area (TPSA) is 175 Å². The number of ketones is 1. The molecule has 15 nitrogen and oxygen atoms in total. The number of ether oxygens (including phenoxy) is 7. The van der Waals surface area contributed by atoms with Crippen molar-refractivity contribution in [1.29, 1.82) is 0 Å². The number of methoxy groups -OCH3 is 1. The van der Waals surface area contributed by atoms with Gasteiger partial charge in [-0.2, -0.15) is 0 Å². The van der Waals surface area contributed by atoms with Gasteiger partial charge in [-0.25, -0.2) is 9.59 Å². The highest BCUT2D eigenvalue weighted by molar-refractivity contribution is 6.00. The summed E-state index contributed by atoms with van der Waals surface area (Å²) in [6, 6.07) is -0.279. The summed E-state index contributed by atoms with van der Waals surface area (Å²) in [6.07, 6.45) is -5.45. The van der Waals surface area contributed by atoms with Crippen LogP contribution in [0.4, 0.5) is 4.79 Å². The first-order valence-electron chi connectivity index (χ1n) is 17.3. The molecule has 0 saturated carbocycles. The van der Waals surface area contributed by atoms with Gasteiger partial charge in [0.05, 0.1) is 29.6 Å². The number of fused-ring (bicyclic) bond motifs is 1. The van der Waals surface area contributed by atoms with Crippen LogP contribution in [0.3, 0.4) is 0 Å². The molecule has 0 aromatic rings. The van der Waals surface area contributed by atoms with E-state index < -0.39 is 95.4 Å². The van der Waals surface area contributed by atoms with Gasteiger partial charge >= 0.3 is 24.1 Å². The summed E-state index contributed by atoms with van der Waals surface area (Å²) in [5.41, 5.74) is -2.44. The number of carbonyl (C=O) groups excluding carboxylic acids is 5. The van der Waals surface area contributed by atoms with Crippen molar-refractivity contribution in [3.8, 4) is 0 Å². The molecule has 3 heterocycles. The maximum atomic E-state index is 14.2. The van der Waals surface area contributed by atoms with E-state index in [0.29, 0.717) is 12.1 Å². The Morgan fingerprint density at radius 2 is 1.62 bits per heavy atom. The van der Waals surface area contributed by atoms with Crippen LogP contribution in [0, 0.1) is 23.7 Å². The standard InChI is InChI=1S/C35H56N2O13/c1-14-25-35(10)30(48-33(42)49-35)19(4)26(36-50-23(8)39)17(2)16-34(9,43-13)29(20(5)27(40)21(6)31(41)46-25)47-32-28(45-22(7)38)24(37(11)12)15-18(3)44-32/h17-21,24-25,28-30,32H,14-16H2,1-13H3/b36-26+/t17-,18-,19+,20+,21-,24+,25-,28-,29-,30-,32+,34-,35-/m1/s1. The third kappa shape index (κ3) is 8.83. The summed E-state index contributed by atoms with van der Waals surface area (Å²) < 4.78 is 42.3. The van der Waals surface area contributed by atoms with E-state index in [1.165, 1.54) is 27.9 Å². The Morgan fingerprint density at radius 3 is 2.16 bits per heavy atom. The van der Waals surface area contributed by atoms with Crippen molar-refractivity contribution in [3.63, 3.8) is 0 Å². The van der Waals surface area contributed by atoms with E-state index in [2.05, 4.69) is 5.16 Å². The number of cyclic esters (lactones) is 1. The van der Waals surface area contributed by atoms with E-state index in [1.54, 1.807) is 34.6 Å². The zero-order chi connectivity index (χ0) is 37.9. The van der Waals surface area contributed by atoms with Gasteiger partial charge in [0.1, 0.15) is 12.0 Å². The van der Waals surface area contributed by atoms with Crippen molar-refractivity contribution < 1.29 is 62.0 Å². The lowest BCUT2D eigenvalue weighted by Crippen LogP contribution is -2.60. The van der Waals surface area contributed by atoms with Gasteiger partial charge in [-0.15, -0.1) is 0 Å². The quantitative estimate of drug-likeness (QED) is 0.122. The maximum absolute atomic E-state index is 14.2. The maximum Gasteiger partial charge on any atom is 0.509 e. The molecular formula is C35H56N2O13. The van der Waals surface area contributed by atoms with Crippen molar-refractivity contribution in [1.82, 2.24) is 4.90 Å². The fourth-order valence-electron chi connectivity index (χ4n) is 7.65. The van der Waals surface area contributed by atoms with Crippen LogP contribution in [0.2, 0.25) is 0 Å². The highest BCUT2D eigenvalue weighted by Gasteiger charge is 2.59. The second-order valence-electron chi connectivity index (χ2n) is 14.5. The summed E-state index contributed by atoms with van der Waals surface area (Å²) >= 11 is 0. The second-order valence-corrected chi connectivity index (χ2v) is 14.5. The molecule has 0 radical (unpaired) electrons. The molecule has 284 valence electrons. The van der Waals surface area contributed by atoms with E-state index in [1.807, 2.05) is 32.8 Å². The third-order valence-electron chi connectivity index (χ3n) is 10.4. The SMILES string of the molecule is CC[C@H]1OC(=O)[C@H](C)C(=O)[C@H](C)[C@@H](O[C@@H]2O[C@H](C)C[C@H](N(C)C)[C@H]2OC(C)=O)[C@](C)(OC)C[C@@H](C)/C(=N\OC(C)=O)[C@H](C)[C@H]2OC(=O)O[C@@]21C. The monoisotopic (exact) mass is 712 g/mol. The van der Waals surface area contributed by atoms with Gasteiger partial charge in [-0.3, -0.25) is 14.4 Å². The number of rotatable bonds is 7. The molecule has 0 spiro atoms. The molecule has 0 unspecified atom stereocenters. The lowest BCUT2D eigenvalue weighted by atomic mass is 9.74. The molecule has 0 amide bonds. The number of oxime groups is 1.